The Labute approximate surface area is 115 Å². The molecule has 0 radical (unpaired) electrons. The molecule has 0 heterocycles. The molecule has 0 saturated heterocycles. The number of hydrogen-bond donors (Lipinski definition) is 1. The highest BCUT2D eigenvalue weighted by atomic mass is 32.2. The van der Waals surface area contributed by atoms with Crippen LogP contribution in [0.3, 0.4) is 0 Å². The van der Waals surface area contributed by atoms with Crippen LogP contribution in [0.25, 0.3) is 0 Å². The van der Waals surface area contributed by atoms with Crippen molar-refractivity contribution in [3.63, 3.8) is 0 Å². The van der Waals surface area contributed by atoms with Crippen molar-refractivity contribution in [2.24, 2.45) is 0 Å². The summed E-state index contributed by atoms with van der Waals surface area (Å²) in [6.45, 7) is 4.39. The highest BCUT2D eigenvalue weighted by molar-refractivity contribution is 7.74. The van der Waals surface area contributed by atoms with Gasteiger partial charge in [-0.2, -0.15) is 4.21 Å². The van der Waals surface area contributed by atoms with Crippen LogP contribution in [-0.2, 0) is 15.5 Å². The molecule has 0 aromatic heterocycles. The first kappa shape index (κ1) is 18.1. The van der Waals surface area contributed by atoms with Crippen molar-refractivity contribution in [3.05, 3.63) is 0 Å². The van der Waals surface area contributed by atoms with Crippen LogP contribution in [0.1, 0.15) is 84.5 Å². The van der Waals surface area contributed by atoms with Crippen molar-refractivity contribution in [2.45, 2.75) is 90.6 Å². The SMILES string of the molecule is CCCCCCCC(CCCCCC)OS(=O)O. The lowest BCUT2D eigenvalue weighted by molar-refractivity contribution is 0.176. The van der Waals surface area contributed by atoms with E-state index in [4.69, 9.17) is 8.74 Å². The predicted molar refractivity (Wildman–Crippen MR) is 77.8 cm³/mol. The number of rotatable bonds is 13. The third-order valence-corrected chi connectivity index (χ3v) is 3.66. The summed E-state index contributed by atoms with van der Waals surface area (Å²) < 4.78 is 24.6. The molecule has 0 bridgehead atoms. The summed E-state index contributed by atoms with van der Waals surface area (Å²) in [4.78, 5) is 0. The molecule has 0 aliphatic heterocycles. The van der Waals surface area contributed by atoms with Gasteiger partial charge in [0.15, 0.2) is 0 Å². The Morgan fingerprint density at radius 1 is 0.889 bits per heavy atom. The first-order chi connectivity index (χ1) is 8.70. The molecule has 0 aromatic rings. The summed E-state index contributed by atoms with van der Waals surface area (Å²) >= 11 is -2.11. The van der Waals surface area contributed by atoms with Gasteiger partial charge in [0, 0.05) is 0 Å². The minimum atomic E-state index is -2.11. The van der Waals surface area contributed by atoms with E-state index in [0.29, 0.717) is 0 Å². The van der Waals surface area contributed by atoms with Crippen molar-refractivity contribution in [1.29, 1.82) is 0 Å². The highest BCUT2D eigenvalue weighted by Gasteiger charge is 2.11. The molecule has 0 amide bonds. The Bertz CT molecular complexity index is 197. The summed E-state index contributed by atoms with van der Waals surface area (Å²) in [6, 6.07) is 0. The van der Waals surface area contributed by atoms with Crippen LogP contribution >= 0.6 is 0 Å². The molecule has 110 valence electrons. The summed E-state index contributed by atoms with van der Waals surface area (Å²) in [6.07, 6.45) is 12.7. The Morgan fingerprint density at radius 2 is 1.33 bits per heavy atom. The second-order valence-electron chi connectivity index (χ2n) is 4.99. The maximum Gasteiger partial charge on any atom is 0.302 e. The largest absolute Gasteiger partial charge is 0.302 e. The van der Waals surface area contributed by atoms with Gasteiger partial charge in [0.25, 0.3) is 0 Å². The van der Waals surface area contributed by atoms with Gasteiger partial charge in [-0.25, -0.2) is 0 Å². The van der Waals surface area contributed by atoms with E-state index < -0.39 is 11.4 Å². The Morgan fingerprint density at radius 3 is 1.78 bits per heavy atom. The molecule has 4 heteroatoms. The average Bonchev–Trinajstić information content (AvgIpc) is 2.33. The van der Waals surface area contributed by atoms with Crippen molar-refractivity contribution < 1.29 is 12.9 Å². The molecule has 0 fully saturated rings. The Hall–Kier alpha value is 0.0700. The van der Waals surface area contributed by atoms with Crippen LogP contribution in [0, 0.1) is 0 Å². The zero-order valence-corrected chi connectivity index (χ0v) is 12.8. The topological polar surface area (TPSA) is 46.5 Å². The standard InChI is InChI=1S/C14H30O3S/c1-3-5-7-9-11-13-14(17-18(15)16)12-10-8-6-4-2/h14H,3-13H2,1-2H3,(H,15,16). The van der Waals surface area contributed by atoms with Gasteiger partial charge in [0.05, 0.1) is 6.10 Å². The van der Waals surface area contributed by atoms with Gasteiger partial charge in [-0.3, -0.25) is 8.74 Å². The highest BCUT2D eigenvalue weighted by Crippen LogP contribution is 2.16. The van der Waals surface area contributed by atoms with Crippen LogP contribution in [0.4, 0.5) is 0 Å². The van der Waals surface area contributed by atoms with E-state index in [0.717, 1.165) is 25.7 Å². The minimum absolute atomic E-state index is 0.0330. The maximum atomic E-state index is 10.7. The summed E-state index contributed by atoms with van der Waals surface area (Å²) in [5, 5.41) is 0. The third-order valence-electron chi connectivity index (χ3n) is 3.23. The molecule has 0 aliphatic rings. The van der Waals surface area contributed by atoms with E-state index in [2.05, 4.69) is 13.8 Å². The number of hydrogen-bond acceptors (Lipinski definition) is 2. The third kappa shape index (κ3) is 12.5. The van der Waals surface area contributed by atoms with Gasteiger partial charge in [-0.15, -0.1) is 0 Å². The lowest BCUT2D eigenvalue weighted by atomic mass is 10.0. The summed E-state index contributed by atoms with van der Waals surface area (Å²) in [5.74, 6) is 0. The fourth-order valence-corrected chi connectivity index (χ4v) is 2.56. The van der Waals surface area contributed by atoms with Crippen molar-refractivity contribution in [3.8, 4) is 0 Å². The smallest absolute Gasteiger partial charge is 0.284 e. The van der Waals surface area contributed by atoms with E-state index in [1.54, 1.807) is 0 Å². The van der Waals surface area contributed by atoms with Crippen molar-refractivity contribution in [2.75, 3.05) is 0 Å². The zero-order valence-electron chi connectivity index (χ0n) is 12.0. The quantitative estimate of drug-likeness (QED) is 0.387. The second kappa shape index (κ2) is 13.5. The number of unbranched alkanes of at least 4 members (excludes halogenated alkanes) is 7. The lowest BCUT2D eigenvalue weighted by Crippen LogP contribution is -2.14. The molecule has 2 unspecified atom stereocenters. The van der Waals surface area contributed by atoms with Gasteiger partial charge in [-0.1, -0.05) is 71.6 Å². The van der Waals surface area contributed by atoms with Crippen LogP contribution in [0.2, 0.25) is 0 Å². The molecule has 0 saturated carbocycles. The van der Waals surface area contributed by atoms with Gasteiger partial charge >= 0.3 is 11.4 Å². The molecule has 1 N–H and O–H groups in total. The van der Waals surface area contributed by atoms with Crippen LogP contribution < -0.4 is 0 Å². The second-order valence-corrected chi connectivity index (χ2v) is 5.61. The van der Waals surface area contributed by atoms with Crippen molar-refractivity contribution in [1.82, 2.24) is 0 Å². The lowest BCUT2D eigenvalue weighted by Gasteiger charge is -2.14. The van der Waals surface area contributed by atoms with Crippen LogP contribution in [0.15, 0.2) is 0 Å². The van der Waals surface area contributed by atoms with Gasteiger partial charge in [0.1, 0.15) is 0 Å². The molecule has 3 nitrogen and oxygen atoms in total. The Balaban J connectivity index is 3.66. The van der Waals surface area contributed by atoms with E-state index in [1.165, 1.54) is 44.9 Å². The van der Waals surface area contributed by atoms with Gasteiger partial charge < -0.3 is 0 Å². The normalized spacial score (nSPS) is 14.6. The van der Waals surface area contributed by atoms with Crippen molar-refractivity contribution >= 4 is 11.4 Å². The van der Waals surface area contributed by atoms with E-state index in [-0.39, 0.29) is 6.10 Å². The zero-order chi connectivity index (χ0) is 13.6. The summed E-state index contributed by atoms with van der Waals surface area (Å²) in [7, 11) is 0. The monoisotopic (exact) mass is 278 g/mol. The molecular weight excluding hydrogens is 248 g/mol. The molecule has 0 aromatic carbocycles. The fourth-order valence-electron chi connectivity index (χ4n) is 2.13. The molecule has 0 rings (SSSR count). The molecule has 18 heavy (non-hydrogen) atoms. The van der Waals surface area contributed by atoms with Gasteiger partial charge in [0.2, 0.25) is 0 Å². The summed E-state index contributed by atoms with van der Waals surface area (Å²) in [5.41, 5.74) is 0. The minimum Gasteiger partial charge on any atom is -0.284 e. The van der Waals surface area contributed by atoms with E-state index >= 15 is 0 Å². The van der Waals surface area contributed by atoms with Gasteiger partial charge in [-0.05, 0) is 12.8 Å². The maximum absolute atomic E-state index is 10.7. The average molecular weight is 278 g/mol. The molecular formula is C14H30O3S. The first-order valence-corrected chi connectivity index (χ1v) is 8.51. The molecule has 0 aliphatic carbocycles. The first-order valence-electron chi connectivity index (χ1n) is 7.48. The van der Waals surface area contributed by atoms with E-state index in [1.807, 2.05) is 0 Å². The fraction of sp³-hybridized carbons (Fsp3) is 1.00. The van der Waals surface area contributed by atoms with E-state index in [9.17, 15) is 4.21 Å². The molecule has 0 spiro atoms. The predicted octanol–water partition coefficient (Wildman–Crippen LogP) is 4.84. The van der Waals surface area contributed by atoms with Crippen LogP contribution in [0.5, 0.6) is 0 Å². The molecule has 2 atom stereocenters. The van der Waals surface area contributed by atoms with Crippen LogP contribution in [-0.4, -0.2) is 14.9 Å². The Kier molecular flexibility index (Phi) is 13.6.